The molecule has 4 aromatic rings. The van der Waals surface area contributed by atoms with Gasteiger partial charge >= 0.3 is 0 Å². The molecule has 0 aliphatic carbocycles. The molecule has 170 valence electrons. The number of nitrogens with one attached hydrogen (secondary N) is 1. The van der Waals surface area contributed by atoms with Crippen molar-refractivity contribution in [1.29, 1.82) is 0 Å². The van der Waals surface area contributed by atoms with Crippen LogP contribution in [0.3, 0.4) is 0 Å². The van der Waals surface area contributed by atoms with Gasteiger partial charge in [-0.25, -0.2) is 13.2 Å². The van der Waals surface area contributed by atoms with E-state index < -0.39 is 17.5 Å². The lowest BCUT2D eigenvalue weighted by Gasteiger charge is -2.08. The number of anilines is 1. The van der Waals surface area contributed by atoms with Crippen LogP contribution in [-0.4, -0.2) is 20.8 Å². The standard InChI is InChI=1S/C22H16ClF3N4O3/c1-12-16(11-32-19-7-6-15(25)8-18(19)26)20(29-33-12)22(31)27-21-17(23)10-30(28-21)9-13-2-4-14(24)5-3-13/h2-8,10H,9,11H2,1H3,(H,27,28,31). The highest BCUT2D eigenvalue weighted by Crippen LogP contribution is 2.24. The molecule has 1 N–H and O–H groups in total. The SMILES string of the molecule is Cc1onc(C(=O)Nc2nn(Cc3ccc(F)cc3)cc2Cl)c1COc1ccc(F)cc1F. The Morgan fingerprint density at radius 2 is 1.88 bits per heavy atom. The first-order chi connectivity index (χ1) is 15.8. The third-order valence-corrected chi connectivity index (χ3v) is 4.95. The monoisotopic (exact) mass is 476 g/mol. The van der Waals surface area contributed by atoms with E-state index in [1.807, 2.05) is 0 Å². The molecule has 0 saturated carbocycles. The molecule has 0 radical (unpaired) electrons. The first kappa shape index (κ1) is 22.4. The number of halogens is 4. The molecule has 2 aromatic heterocycles. The summed E-state index contributed by atoms with van der Waals surface area (Å²) in [5.74, 6) is -2.46. The van der Waals surface area contributed by atoms with Gasteiger partial charge < -0.3 is 14.6 Å². The van der Waals surface area contributed by atoms with Crippen LogP contribution < -0.4 is 10.1 Å². The predicted octanol–water partition coefficient (Wildman–Crippen LogP) is 5.13. The molecule has 0 unspecified atom stereocenters. The van der Waals surface area contributed by atoms with E-state index in [1.165, 1.54) is 23.0 Å². The van der Waals surface area contributed by atoms with E-state index in [9.17, 15) is 18.0 Å². The lowest BCUT2D eigenvalue weighted by atomic mass is 10.2. The number of hydrogen-bond acceptors (Lipinski definition) is 5. The smallest absolute Gasteiger partial charge is 0.279 e. The summed E-state index contributed by atoms with van der Waals surface area (Å²) in [5.41, 5.74) is 0.963. The summed E-state index contributed by atoms with van der Waals surface area (Å²) >= 11 is 6.19. The van der Waals surface area contributed by atoms with E-state index in [0.717, 1.165) is 17.7 Å². The van der Waals surface area contributed by atoms with Gasteiger partial charge in [0.15, 0.2) is 23.1 Å². The molecule has 2 aromatic carbocycles. The number of carbonyl (C=O) groups is 1. The quantitative estimate of drug-likeness (QED) is 0.400. The van der Waals surface area contributed by atoms with Gasteiger partial charge in [-0.3, -0.25) is 9.48 Å². The van der Waals surface area contributed by atoms with Crippen LogP contribution in [0.1, 0.15) is 27.4 Å². The highest BCUT2D eigenvalue weighted by Gasteiger charge is 2.23. The van der Waals surface area contributed by atoms with Crippen molar-refractivity contribution in [3.8, 4) is 5.75 Å². The Morgan fingerprint density at radius 3 is 2.61 bits per heavy atom. The third kappa shape index (κ3) is 5.17. The molecule has 0 fully saturated rings. The fourth-order valence-electron chi connectivity index (χ4n) is 2.99. The summed E-state index contributed by atoms with van der Waals surface area (Å²) in [4.78, 5) is 12.8. The summed E-state index contributed by atoms with van der Waals surface area (Å²) in [6.07, 6.45) is 1.51. The highest BCUT2D eigenvalue weighted by molar-refractivity contribution is 6.33. The van der Waals surface area contributed by atoms with Crippen molar-refractivity contribution in [2.45, 2.75) is 20.1 Å². The van der Waals surface area contributed by atoms with Crippen LogP contribution in [0.15, 0.2) is 53.2 Å². The van der Waals surface area contributed by atoms with Gasteiger partial charge in [-0.05, 0) is 36.8 Å². The Morgan fingerprint density at radius 1 is 1.15 bits per heavy atom. The number of amides is 1. The fraction of sp³-hybridized carbons (Fsp3) is 0.136. The highest BCUT2D eigenvalue weighted by atomic mass is 35.5. The molecular weight excluding hydrogens is 461 g/mol. The van der Waals surface area contributed by atoms with Gasteiger partial charge in [-0.2, -0.15) is 5.10 Å². The van der Waals surface area contributed by atoms with E-state index in [0.29, 0.717) is 12.6 Å². The summed E-state index contributed by atoms with van der Waals surface area (Å²) in [5, 5.41) is 10.7. The van der Waals surface area contributed by atoms with Crippen molar-refractivity contribution in [3.63, 3.8) is 0 Å². The van der Waals surface area contributed by atoms with Crippen molar-refractivity contribution in [2.24, 2.45) is 0 Å². The number of rotatable bonds is 7. The number of aryl methyl sites for hydroxylation is 1. The van der Waals surface area contributed by atoms with E-state index >= 15 is 0 Å². The molecule has 7 nitrogen and oxygen atoms in total. The van der Waals surface area contributed by atoms with Crippen molar-refractivity contribution in [3.05, 3.63) is 93.7 Å². The fourth-order valence-corrected chi connectivity index (χ4v) is 3.19. The van der Waals surface area contributed by atoms with Gasteiger partial charge in [0.1, 0.15) is 29.0 Å². The van der Waals surface area contributed by atoms with Gasteiger partial charge in [-0.1, -0.05) is 28.9 Å². The number of aromatic nitrogens is 3. The average molecular weight is 477 g/mol. The molecule has 11 heteroatoms. The van der Waals surface area contributed by atoms with Gasteiger partial charge in [0.2, 0.25) is 0 Å². The van der Waals surface area contributed by atoms with Gasteiger partial charge in [0.05, 0.1) is 12.1 Å². The Balaban J connectivity index is 1.47. The molecule has 4 rings (SSSR count). The van der Waals surface area contributed by atoms with Crippen molar-refractivity contribution >= 4 is 23.3 Å². The number of benzene rings is 2. The summed E-state index contributed by atoms with van der Waals surface area (Å²) in [6.45, 7) is 1.63. The first-order valence-electron chi connectivity index (χ1n) is 9.62. The number of hydrogen-bond donors (Lipinski definition) is 1. The van der Waals surface area contributed by atoms with Crippen molar-refractivity contribution < 1.29 is 27.2 Å². The summed E-state index contributed by atoms with van der Waals surface area (Å²) < 4.78 is 51.9. The molecule has 0 aliphatic rings. The minimum atomic E-state index is -0.881. The summed E-state index contributed by atoms with van der Waals surface area (Å²) in [6, 6.07) is 8.76. The van der Waals surface area contributed by atoms with Crippen LogP contribution in [0.25, 0.3) is 0 Å². The lowest BCUT2D eigenvalue weighted by molar-refractivity contribution is 0.101. The topological polar surface area (TPSA) is 82.2 Å². The minimum Gasteiger partial charge on any atom is -0.486 e. The van der Waals surface area contributed by atoms with E-state index in [1.54, 1.807) is 19.1 Å². The van der Waals surface area contributed by atoms with Crippen LogP contribution in [-0.2, 0) is 13.2 Å². The molecule has 0 aliphatic heterocycles. The van der Waals surface area contributed by atoms with E-state index in [2.05, 4.69) is 15.6 Å². The summed E-state index contributed by atoms with van der Waals surface area (Å²) in [7, 11) is 0. The van der Waals surface area contributed by atoms with Crippen LogP contribution in [0.4, 0.5) is 19.0 Å². The largest absolute Gasteiger partial charge is 0.486 e. The molecule has 1 amide bonds. The second kappa shape index (κ2) is 9.37. The molecule has 2 heterocycles. The van der Waals surface area contributed by atoms with Gasteiger partial charge in [0.25, 0.3) is 5.91 Å². The Bertz CT molecular complexity index is 1300. The number of nitrogens with zero attached hydrogens (tertiary/aromatic N) is 3. The Kier molecular flexibility index (Phi) is 6.36. The van der Waals surface area contributed by atoms with Crippen molar-refractivity contribution in [2.75, 3.05) is 5.32 Å². The normalized spacial score (nSPS) is 10.9. The van der Waals surface area contributed by atoms with E-state index in [-0.39, 0.29) is 46.0 Å². The van der Waals surface area contributed by atoms with Crippen molar-refractivity contribution in [1.82, 2.24) is 14.9 Å². The maximum absolute atomic E-state index is 13.8. The van der Waals surface area contributed by atoms with Crippen LogP contribution in [0, 0.1) is 24.4 Å². The zero-order chi connectivity index (χ0) is 23.5. The second-order valence-electron chi connectivity index (χ2n) is 7.03. The molecule has 33 heavy (non-hydrogen) atoms. The zero-order valence-corrected chi connectivity index (χ0v) is 17.9. The van der Waals surface area contributed by atoms with Crippen LogP contribution in [0.5, 0.6) is 5.75 Å². The van der Waals surface area contributed by atoms with Gasteiger partial charge in [-0.15, -0.1) is 0 Å². The van der Waals surface area contributed by atoms with Crippen LogP contribution >= 0.6 is 11.6 Å². The number of carbonyl (C=O) groups excluding carboxylic acids is 1. The Labute approximate surface area is 190 Å². The molecule has 0 saturated heterocycles. The molecular formula is C22H16ClF3N4O3. The maximum atomic E-state index is 13.8. The first-order valence-corrected chi connectivity index (χ1v) is 9.99. The number of ether oxygens (including phenoxy) is 1. The zero-order valence-electron chi connectivity index (χ0n) is 17.1. The predicted molar refractivity (Wildman–Crippen MR) is 113 cm³/mol. The Hall–Kier alpha value is -3.79. The minimum absolute atomic E-state index is 0.0841. The maximum Gasteiger partial charge on any atom is 0.279 e. The van der Waals surface area contributed by atoms with E-state index in [4.69, 9.17) is 20.9 Å². The average Bonchev–Trinajstić information content (AvgIpc) is 3.31. The lowest BCUT2D eigenvalue weighted by Crippen LogP contribution is -2.16. The van der Waals surface area contributed by atoms with Gasteiger partial charge in [0, 0.05) is 12.3 Å². The van der Waals surface area contributed by atoms with Crippen LogP contribution in [0.2, 0.25) is 5.02 Å². The molecule has 0 spiro atoms. The third-order valence-electron chi connectivity index (χ3n) is 4.67. The second-order valence-corrected chi connectivity index (χ2v) is 7.44. The molecule has 0 bridgehead atoms. The molecule has 0 atom stereocenters.